The Hall–Kier alpha value is -3.64. The molecule has 4 aromatic rings. The third-order valence-corrected chi connectivity index (χ3v) is 8.07. The molecule has 3 aromatic heterocycles. The fraction of sp³-hybridized carbons (Fsp3) is 0.136. The zero-order valence-corrected chi connectivity index (χ0v) is 20.0. The van der Waals surface area contributed by atoms with Crippen LogP contribution in [0.1, 0.15) is 11.3 Å². The fourth-order valence-electron chi connectivity index (χ4n) is 3.29. The lowest BCUT2D eigenvalue weighted by atomic mass is 10.1. The third-order valence-electron chi connectivity index (χ3n) is 5.17. The number of hydrogen-bond acceptors (Lipinski definition) is 7. The number of sulfone groups is 1. The molecule has 12 heteroatoms. The number of aromatic nitrogens is 3. The Balaban J connectivity index is 1.69. The molecular formula is C22H20FN5O4S2. The highest BCUT2D eigenvalue weighted by Crippen LogP contribution is 2.24. The molecule has 0 aliphatic carbocycles. The topological polar surface area (TPSA) is 114 Å². The first-order chi connectivity index (χ1) is 16.0. The Morgan fingerprint density at radius 3 is 2.56 bits per heavy atom. The Bertz CT molecular complexity index is 1650. The number of sulfonamides is 1. The van der Waals surface area contributed by atoms with Crippen molar-refractivity contribution in [1.82, 2.24) is 18.8 Å². The van der Waals surface area contributed by atoms with Crippen LogP contribution in [0.3, 0.4) is 0 Å². The number of hydrogen-bond donors (Lipinski definition) is 0. The van der Waals surface area contributed by atoms with Crippen molar-refractivity contribution in [3.8, 4) is 11.1 Å². The molecule has 34 heavy (non-hydrogen) atoms. The second-order valence-corrected chi connectivity index (χ2v) is 11.5. The van der Waals surface area contributed by atoms with Gasteiger partial charge in [-0.15, -0.1) is 0 Å². The molecule has 0 N–H and O–H groups in total. The number of rotatable bonds is 6. The molecule has 4 rings (SSSR count). The summed E-state index contributed by atoms with van der Waals surface area (Å²) in [4.78, 5) is 7.65. The lowest BCUT2D eigenvalue weighted by Crippen LogP contribution is -2.23. The van der Waals surface area contributed by atoms with Crippen LogP contribution >= 0.6 is 0 Å². The molecule has 9 nitrogen and oxygen atoms in total. The zero-order chi connectivity index (χ0) is 24.7. The Morgan fingerprint density at radius 2 is 1.85 bits per heavy atom. The van der Waals surface area contributed by atoms with Gasteiger partial charge in [-0.05, 0) is 48.9 Å². The quantitative estimate of drug-likeness (QED) is 0.228. The van der Waals surface area contributed by atoms with Crippen LogP contribution in [-0.2, 0) is 19.9 Å². The third kappa shape index (κ3) is 4.41. The van der Waals surface area contributed by atoms with Crippen molar-refractivity contribution in [3.63, 3.8) is 0 Å². The number of halogens is 1. The summed E-state index contributed by atoms with van der Waals surface area (Å²) in [5.74, 6) is -0.616. The first-order valence-electron chi connectivity index (χ1n) is 9.90. The molecule has 0 saturated heterocycles. The SMILES string of the molecule is Cc1ccc(S(C)(=O)=O)cc1S(=O)(=O)N(C)/N=C/c1cnc2ccc(-c3cccnc3F)cn12. The highest BCUT2D eigenvalue weighted by atomic mass is 32.2. The number of aryl methyl sites for hydroxylation is 1. The summed E-state index contributed by atoms with van der Waals surface area (Å²) in [6, 6.07) is 10.5. The molecule has 0 saturated carbocycles. The van der Waals surface area contributed by atoms with Crippen LogP contribution in [0, 0.1) is 12.9 Å². The van der Waals surface area contributed by atoms with E-state index in [1.165, 1.54) is 37.8 Å². The number of fused-ring (bicyclic) bond motifs is 1. The van der Waals surface area contributed by atoms with E-state index in [0.29, 0.717) is 28.0 Å². The van der Waals surface area contributed by atoms with E-state index in [9.17, 15) is 21.2 Å². The summed E-state index contributed by atoms with van der Waals surface area (Å²) in [5, 5.41) is 4.04. The second-order valence-electron chi connectivity index (χ2n) is 7.55. The van der Waals surface area contributed by atoms with Crippen LogP contribution in [0.2, 0.25) is 0 Å². The van der Waals surface area contributed by atoms with Crippen LogP contribution in [0.25, 0.3) is 16.8 Å². The van der Waals surface area contributed by atoms with Gasteiger partial charge in [-0.2, -0.15) is 22.3 Å². The number of hydrazone groups is 1. The summed E-state index contributed by atoms with van der Waals surface area (Å²) in [6.45, 7) is 1.57. The highest BCUT2D eigenvalue weighted by Gasteiger charge is 2.24. The van der Waals surface area contributed by atoms with Gasteiger partial charge < -0.3 is 0 Å². The van der Waals surface area contributed by atoms with Crippen LogP contribution in [-0.4, -0.2) is 55.1 Å². The summed E-state index contributed by atoms with van der Waals surface area (Å²) in [5.41, 5.74) is 2.25. The van der Waals surface area contributed by atoms with E-state index in [4.69, 9.17) is 0 Å². The van der Waals surface area contributed by atoms with Crippen molar-refractivity contribution in [3.05, 3.63) is 78.3 Å². The smallest absolute Gasteiger partial charge is 0.279 e. The minimum atomic E-state index is -4.13. The van der Waals surface area contributed by atoms with Crippen LogP contribution in [0.15, 0.2) is 75.9 Å². The van der Waals surface area contributed by atoms with E-state index in [1.54, 1.807) is 41.8 Å². The van der Waals surface area contributed by atoms with Gasteiger partial charge in [-0.1, -0.05) is 6.07 Å². The lowest BCUT2D eigenvalue weighted by molar-refractivity contribution is 0.490. The molecule has 0 fully saturated rings. The molecule has 1 aromatic carbocycles. The maximum atomic E-state index is 14.1. The van der Waals surface area contributed by atoms with E-state index in [-0.39, 0.29) is 9.79 Å². The zero-order valence-electron chi connectivity index (χ0n) is 18.4. The molecule has 0 aliphatic heterocycles. The van der Waals surface area contributed by atoms with Gasteiger partial charge in [0, 0.05) is 36.8 Å². The van der Waals surface area contributed by atoms with E-state index in [2.05, 4.69) is 15.1 Å². The van der Waals surface area contributed by atoms with Gasteiger partial charge in [0.2, 0.25) is 5.95 Å². The molecule has 0 bridgehead atoms. The molecule has 0 unspecified atom stereocenters. The van der Waals surface area contributed by atoms with Crippen molar-refractivity contribution in [2.24, 2.45) is 5.10 Å². The minimum Gasteiger partial charge on any atom is -0.298 e. The van der Waals surface area contributed by atoms with Crippen molar-refractivity contribution in [2.45, 2.75) is 16.7 Å². The van der Waals surface area contributed by atoms with Crippen molar-refractivity contribution in [1.29, 1.82) is 0 Å². The Kier molecular flexibility index (Phi) is 5.96. The Labute approximate surface area is 196 Å². The Morgan fingerprint density at radius 1 is 1.09 bits per heavy atom. The van der Waals surface area contributed by atoms with Crippen LogP contribution in [0.5, 0.6) is 0 Å². The van der Waals surface area contributed by atoms with Gasteiger partial charge in [-0.3, -0.25) is 4.40 Å². The van der Waals surface area contributed by atoms with Gasteiger partial charge >= 0.3 is 0 Å². The lowest BCUT2D eigenvalue weighted by Gasteiger charge is -2.16. The average molecular weight is 502 g/mol. The molecule has 3 heterocycles. The predicted octanol–water partition coefficient (Wildman–Crippen LogP) is 2.90. The summed E-state index contributed by atoms with van der Waals surface area (Å²) < 4.78 is 66.4. The van der Waals surface area contributed by atoms with Gasteiger partial charge in [0.1, 0.15) is 5.65 Å². The van der Waals surface area contributed by atoms with E-state index in [1.807, 2.05) is 0 Å². The molecule has 0 radical (unpaired) electrons. The number of pyridine rings is 2. The van der Waals surface area contributed by atoms with Crippen molar-refractivity contribution < 1.29 is 21.2 Å². The number of nitrogens with zero attached hydrogens (tertiary/aromatic N) is 5. The first-order valence-corrected chi connectivity index (χ1v) is 13.2. The first kappa shape index (κ1) is 23.5. The summed E-state index contributed by atoms with van der Waals surface area (Å²) >= 11 is 0. The number of imidazole rings is 1. The molecule has 0 atom stereocenters. The van der Waals surface area contributed by atoms with E-state index < -0.39 is 25.8 Å². The van der Waals surface area contributed by atoms with Gasteiger partial charge in [0.15, 0.2) is 9.84 Å². The highest BCUT2D eigenvalue weighted by molar-refractivity contribution is 7.91. The standard InChI is InChI=1S/C22H20FN5O4S2/c1-15-6-8-18(33(3,29)30)11-20(15)34(31,32)27(2)26-13-17-12-25-21-9-7-16(14-28(17)21)19-5-4-10-24-22(19)23/h4-14H,1-3H3/b26-13+. The largest absolute Gasteiger partial charge is 0.298 e. The van der Waals surface area contributed by atoms with Crippen molar-refractivity contribution >= 4 is 31.7 Å². The number of benzene rings is 1. The average Bonchev–Trinajstić information content (AvgIpc) is 3.19. The minimum absolute atomic E-state index is 0.106. The summed E-state index contributed by atoms with van der Waals surface area (Å²) in [7, 11) is -6.48. The molecular weight excluding hydrogens is 481 g/mol. The van der Waals surface area contributed by atoms with Gasteiger partial charge in [0.05, 0.1) is 27.9 Å². The van der Waals surface area contributed by atoms with Crippen LogP contribution in [0.4, 0.5) is 4.39 Å². The maximum Gasteiger partial charge on any atom is 0.279 e. The summed E-state index contributed by atoms with van der Waals surface area (Å²) in [6.07, 6.45) is 6.81. The molecule has 176 valence electrons. The molecule has 0 spiro atoms. The van der Waals surface area contributed by atoms with Crippen LogP contribution < -0.4 is 0 Å². The maximum absolute atomic E-state index is 14.1. The molecule has 0 aliphatic rings. The van der Waals surface area contributed by atoms with Gasteiger partial charge in [0.25, 0.3) is 10.0 Å². The monoisotopic (exact) mass is 501 g/mol. The normalized spacial score (nSPS) is 12.5. The second kappa shape index (κ2) is 8.61. The predicted molar refractivity (Wildman–Crippen MR) is 125 cm³/mol. The van der Waals surface area contributed by atoms with E-state index >= 15 is 0 Å². The fourth-order valence-corrected chi connectivity index (χ4v) is 5.22. The van der Waals surface area contributed by atoms with E-state index in [0.717, 1.165) is 16.7 Å². The van der Waals surface area contributed by atoms with Gasteiger partial charge in [-0.25, -0.2) is 18.4 Å². The van der Waals surface area contributed by atoms with Crippen molar-refractivity contribution in [2.75, 3.05) is 13.3 Å². The molecule has 0 amide bonds.